The zero-order valence-electron chi connectivity index (χ0n) is 13.8. The molecule has 0 amide bonds. The van der Waals surface area contributed by atoms with Gasteiger partial charge in [-0.15, -0.1) is 0 Å². The molecule has 1 aromatic rings. The van der Waals surface area contributed by atoms with Crippen LogP contribution in [0.3, 0.4) is 0 Å². The van der Waals surface area contributed by atoms with E-state index in [9.17, 15) is 8.42 Å². The van der Waals surface area contributed by atoms with Crippen LogP contribution in [0.2, 0.25) is 0 Å². The Morgan fingerprint density at radius 1 is 1.14 bits per heavy atom. The normalized spacial score (nSPS) is 16.7. The molecule has 1 aliphatic rings. The molecule has 0 saturated heterocycles. The molecule has 1 aromatic carbocycles. The zero-order valence-corrected chi connectivity index (χ0v) is 14.6. The van der Waals surface area contributed by atoms with Crippen LogP contribution in [0.15, 0.2) is 17.0 Å². The van der Waals surface area contributed by atoms with Crippen molar-refractivity contribution in [3.8, 4) is 5.75 Å². The molecule has 0 spiro atoms. The van der Waals surface area contributed by atoms with E-state index in [1.54, 1.807) is 6.07 Å². The van der Waals surface area contributed by atoms with Crippen molar-refractivity contribution in [2.24, 2.45) is 0 Å². The van der Waals surface area contributed by atoms with Gasteiger partial charge in [0.1, 0.15) is 10.6 Å². The van der Waals surface area contributed by atoms with Crippen LogP contribution in [0.5, 0.6) is 5.75 Å². The zero-order chi connectivity index (χ0) is 16.2. The summed E-state index contributed by atoms with van der Waals surface area (Å²) in [6.45, 7) is 6.43. The van der Waals surface area contributed by atoms with E-state index in [-0.39, 0.29) is 10.9 Å². The summed E-state index contributed by atoms with van der Waals surface area (Å²) in [5.74, 6) is 0.466. The Morgan fingerprint density at radius 3 is 2.41 bits per heavy atom. The van der Waals surface area contributed by atoms with Crippen LogP contribution in [-0.4, -0.2) is 21.1 Å². The molecule has 0 aliphatic heterocycles. The third-order valence-electron chi connectivity index (χ3n) is 4.24. The first-order chi connectivity index (χ1) is 10.4. The molecule has 0 aromatic heterocycles. The predicted octanol–water partition coefficient (Wildman–Crippen LogP) is 3.70. The van der Waals surface area contributed by atoms with Crippen LogP contribution in [-0.2, 0) is 10.0 Å². The van der Waals surface area contributed by atoms with Gasteiger partial charge in [-0.2, -0.15) is 0 Å². The second-order valence-corrected chi connectivity index (χ2v) is 7.87. The van der Waals surface area contributed by atoms with E-state index in [2.05, 4.69) is 4.72 Å². The van der Waals surface area contributed by atoms with Gasteiger partial charge in [-0.3, -0.25) is 0 Å². The molecule has 1 aliphatic carbocycles. The first-order valence-corrected chi connectivity index (χ1v) is 9.68. The first kappa shape index (κ1) is 17.3. The van der Waals surface area contributed by atoms with E-state index >= 15 is 0 Å². The summed E-state index contributed by atoms with van der Waals surface area (Å²) in [6, 6.07) is 3.62. The van der Waals surface area contributed by atoms with Crippen LogP contribution in [0.25, 0.3) is 0 Å². The second-order valence-electron chi connectivity index (χ2n) is 6.19. The molecular formula is C17H27NO3S. The standard InChI is InChI=1S/C17H27NO3S/c1-4-10-21-16-11-13(2)14(3)12-17(16)22(19,20)18-15-8-6-5-7-9-15/h11-12,15,18H,4-10H2,1-3H3. The van der Waals surface area contributed by atoms with E-state index in [1.165, 1.54) is 6.42 Å². The lowest BCUT2D eigenvalue weighted by molar-refractivity contribution is 0.308. The average Bonchev–Trinajstić information content (AvgIpc) is 2.48. The van der Waals surface area contributed by atoms with Crippen molar-refractivity contribution in [3.05, 3.63) is 23.3 Å². The molecule has 0 atom stereocenters. The monoisotopic (exact) mass is 325 g/mol. The SMILES string of the molecule is CCCOc1cc(C)c(C)cc1S(=O)(=O)NC1CCCCC1. The lowest BCUT2D eigenvalue weighted by atomic mass is 9.96. The van der Waals surface area contributed by atoms with Crippen LogP contribution >= 0.6 is 0 Å². The third kappa shape index (κ3) is 4.23. The molecule has 4 nitrogen and oxygen atoms in total. The summed E-state index contributed by atoms with van der Waals surface area (Å²) in [7, 11) is -3.54. The molecule has 22 heavy (non-hydrogen) atoms. The Labute approximate surface area is 134 Å². The van der Waals surface area contributed by atoms with Gasteiger partial charge in [-0.1, -0.05) is 26.2 Å². The van der Waals surface area contributed by atoms with Gasteiger partial charge >= 0.3 is 0 Å². The Morgan fingerprint density at radius 2 is 1.77 bits per heavy atom. The quantitative estimate of drug-likeness (QED) is 0.867. The first-order valence-electron chi connectivity index (χ1n) is 8.20. The van der Waals surface area contributed by atoms with Crippen LogP contribution < -0.4 is 9.46 Å². The molecule has 0 unspecified atom stereocenters. The van der Waals surface area contributed by atoms with Gasteiger partial charge in [0, 0.05) is 6.04 Å². The van der Waals surface area contributed by atoms with Crippen LogP contribution in [0.4, 0.5) is 0 Å². The predicted molar refractivity (Wildman–Crippen MR) is 88.9 cm³/mol. The Kier molecular flexibility index (Phi) is 5.87. The number of hydrogen-bond acceptors (Lipinski definition) is 3. The Balaban J connectivity index is 2.29. The smallest absolute Gasteiger partial charge is 0.244 e. The number of sulfonamides is 1. The lowest BCUT2D eigenvalue weighted by Crippen LogP contribution is -2.36. The van der Waals surface area contributed by atoms with Gasteiger partial charge < -0.3 is 4.74 Å². The number of benzene rings is 1. The number of hydrogen-bond donors (Lipinski definition) is 1. The Bertz CT molecular complexity index is 605. The fourth-order valence-corrected chi connectivity index (χ4v) is 4.32. The van der Waals surface area contributed by atoms with Crippen molar-refractivity contribution in [2.75, 3.05) is 6.61 Å². The van der Waals surface area contributed by atoms with Crippen molar-refractivity contribution in [1.29, 1.82) is 0 Å². The molecule has 0 bridgehead atoms. The summed E-state index contributed by atoms with van der Waals surface area (Å²) in [5, 5.41) is 0. The molecule has 1 N–H and O–H groups in total. The highest BCUT2D eigenvalue weighted by Crippen LogP contribution is 2.29. The number of aryl methyl sites for hydroxylation is 2. The van der Waals surface area contributed by atoms with Gasteiger partial charge in [0.2, 0.25) is 10.0 Å². The minimum absolute atomic E-state index is 0.0550. The number of rotatable bonds is 6. The van der Waals surface area contributed by atoms with Crippen molar-refractivity contribution in [1.82, 2.24) is 4.72 Å². The largest absolute Gasteiger partial charge is 0.492 e. The molecule has 0 heterocycles. The Hall–Kier alpha value is -1.07. The highest BCUT2D eigenvalue weighted by molar-refractivity contribution is 7.89. The van der Waals surface area contributed by atoms with E-state index < -0.39 is 10.0 Å². The highest BCUT2D eigenvalue weighted by atomic mass is 32.2. The molecular weight excluding hydrogens is 298 g/mol. The van der Waals surface area contributed by atoms with Gasteiger partial charge in [0.05, 0.1) is 6.61 Å². The molecule has 2 rings (SSSR count). The number of nitrogens with one attached hydrogen (secondary N) is 1. The maximum atomic E-state index is 12.8. The maximum Gasteiger partial charge on any atom is 0.244 e. The molecule has 0 radical (unpaired) electrons. The van der Waals surface area contributed by atoms with E-state index in [0.717, 1.165) is 43.2 Å². The molecule has 1 fully saturated rings. The number of ether oxygens (including phenoxy) is 1. The maximum absolute atomic E-state index is 12.8. The van der Waals surface area contributed by atoms with Crippen molar-refractivity contribution in [2.45, 2.75) is 70.2 Å². The molecule has 124 valence electrons. The summed E-state index contributed by atoms with van der Waals surface area (Å²) in [5.41, 5.74) is 2.01. The van der Waals surface area contributed by atoms with Gasteiger partial charge in [-0.05, 0) is 56.4 Å². The fraction of sp³-hybridized carbons (Fsp3) is 0.647. The van der Waals surface area contributed by atoms with Crippen LogP contribution in [0.1, 0.15) is 56.6 Å². The summed E-state index contributed by atoms with van der Waals surface area (Å²) in [4.78, 5) is 0.273. The average molecular weight is 325 g/mol. The highest BCUT2D eigenvalue weighted by Gasteiger charge is 2.25. The van der Waals surface area contributed by atoms with Crippen molar-refractivity contribution < 1.29 is 13.2 Å². The van der Waals surface area contributed by atoms with Gasteiger partial charge in [-0.25, -0.2) is 13.1 Å². The lowest BCUT2D eigenvalue weighted by Gasteiger charge is -2.23. The van der Waals surface area contributed by atoms with E-state index in [1.807, 2.05) is 26.8 Å². The van der Waals surface area contributed by atoms with Gasteiger partial charge in [0.15, 0.2) is 0 Å². The van der Waals surface area contributed by atoms with Crippen molar-refractivity contribution in [3.63, 3.8) is 0 Å². The van der Waals surface area contributed by atoms with Crippen molar-refractivity contribution >= 4 is 10.0 Å². The fourth-order valence-electron chi connectivity index (χ4n) is 2.80. The molecule has 1 saturated carbocycles. The third-order valence-corrected chi connectivity index (χ3v) is 5.78. The van der Waals surface area contributed by atoms with E-state index in [0.29, 0.717) is 12.4 Å². The van der Waals surface area contributed by atoms with E-state index in [4.69, 9.17) is 4.74 Å². The van der Waals surface area contributed by atoms with Crippen LogP contribution in [0, 0.1) is 13.8 Å². The van der Waals surface area contributed by atoms with Gasteiger partial charge in [0.25, 0.3) is 0 Å². The minimum Gasteiger partial charge on any atom is -0.492 e. The topological polar surface area (TPSA) is 55.4 Å². The summed E-state index contributed by atoms with van der Waals surface area (Å²) < 4.78 is 34.1. The summed E-state index contributed by atoms with van der Waals surface area (Å²) >= 11 is 0. The molecule has 5 heteroatoms. The summed E-state index contributed by atoms with van der Waals surface area (Å²) in [6.07, 6.45) is 6.10. The second kappa shape index (κ2) is 7.47. The minimum atomic E-state index is -3.54.